The molecule has 0 saturated carbocycles. The molecule has 2 rings (SSSR count). The summed E-state index contributed by atoms with van der Waals surface area (Å²) in [5, 5.41) is 6.08. The summed E-state index contributed by atoms with van der Waals surface area (Å²) in [7, 11) is 3.73. The highest BCUT2D eigenvalue weighted by atomic mass is 15.3. The van der Waals surface area contributed by atoms with Crippen LogP contribution >= 0.6 is 0 Å². The number of benzene rings is 1. The van der Waals surface area contributed by atoms with Gasteiger partial charge >= 0.3 is 0 Å². The van der Waals surface area contributed by atoms with Crippen LogP contribution in [0.5, 0.6) is 0 Å². The van der Waals surface area contributed by atoms with Gasteiger partial charge in [-0.2, -0.15) is 12.1 Å². The molecule has 72 valence electrons. The standard InChI is InChI=1S/C11H13N3/c1-12-9-10-4-2-5-11(8-10)14-7-3-6-13-14/h2-8H,1,9,12H2. The highest BCUT2D eigenvalue weighted by Gasteiger charge is 1.97. The van der Waals surface area contributed by atoms with Gasteiger partial charge in [-0.15, -0.1) is 0 Å². The van der Waals surface area contributed by atoms with E-state index in [4.69, 9.17) is 0 Å². The maximum Gasteiger partial charge on any atom is 0.0773 e. The molecular weight excluding hydrogens is 174 g/mol. The Hall–Kier alpha value is -1.61. The number of rotatable bonds is 3. The summed E-state index contributed by atoms with van der Waals surface area (Å²) < 4.78 is 1.85. The smallest absolute Gasteiger partial charge is 0.0773 e. The fraction of sp³-hybridized carbons (Fsp3) is 0.0909. The van der Waals surface area contributed by atoms with Gasteiger partial charge < -0.3 is 5.32 Å². The van der Waals surface area contributed by atoms with Crippen LogP contribution in [-0.4, -0.2) is 9.78 Å². The molecule has 0 amide bonds. The zero-order valence-corrected chi connectivity index (χ0v) is 7.93. The van der Waals surface area contributed by atoms with Crippen molar-refractivity contribution in [3.63, 3.8) is 0 Å². The molecular formula is C11H13N3. The van der Waals surface area contributed by atoms with Crippen LogP contribution in [0.2, 0.25) is 0 Å². The van der Waals surface area contributed by atoms with Gasteiger partial charge in [0.2, 0.25) is 0 Å². The van der Waals surface area contributed by atoms with Gasteiger partial charge in [0.15, 0.2) is 0 Å². The molecule has 0 aliphatic rings. The highest BCUT2D eigenvalue weighted by molar-refractivity contribution is 5.34. The summed E-state index contributed by atoms with van der Waals surface area (Å²) in [6, 6.07) is 10.2. The molecule has 1 aromatic carbocycles. The lowest BCUT2D eigenvalue weighted by Gasteiger charge is -2.04. The Morgan fingerprint density at radius 1 is 1.36 bits per heavy atom. The maximum atomic E-state index is 4.18. The SMILES string of the molecule is [CH2-][NH2+]Cc1cccc(-n2cccn2)c1. The Balaban J connectivity index is 2.31. The molecule has 0 spiro atoms. The van der Waals surface area contributed by atoms with E-state index in [0.717, 1.165) is 12.2 Å². The van der Waals surface area contributed by atoms with Crippen LogP contribution in [0.1, 0.15) is 5.56 Å². The molecule has 0 atom stereocenters. The van der Waals surface area contributed by atoms with Crippen molar-refractivity contribution in [1.82, 2.24) is 9.78 Å². The van der Waals surface area contributed by atoms with Crippen LogP contribution in [-0.2, 0) is 6.54 Å². The Kier molecular flexibility index (Phi) is 2.60. The molecule has 0 unspecified atom stereocenters. The van der Waals surface area contributed by atoms with Crippen LogP contribution in [0.4, 0.5) is 0 Å². The predicted molar refractivity (Wildman–Crippen MR) is 54.6 cm³/mol. The molecule has 1 aromatic heterocycles. The molecule has 0 radical (unpaired) electrons. The minimum Gasteiger partial charge on any atom is -0.475 e. The second-order valence-electron chi connectivity index (χ2n) is 3.11. The Morgan fingerprint density at radius 2 is 2.29 bits per heavy atom. The van der Waals surface area contributed by atoms with Crippen LogP contribution in [0.25, 0.3) is 5.69 Å². The average molecular weight is 187 g/mol. The topological polar surface area (TPSA) is 34.4 Å². The summed E-state index contributed by atoms with van der Waals surface area (Å²) in [6.07, 6.45) is 3.72. The third kappa shape index (κ3) is 1.83. The van der Waals surface area contributed by atoms with E-state index < -0.39 is 0 Å². The first-order valence-electron chi connectivity index (χ1n) is 4.60. The van der Waals surface area contributed by atoms with E-state index >= 15 is 0 Å². The van der Waals surface area contributed by atoms with Gasteiger partial charge in [-0.1, -0.05) is 12.1 Å². The molecule has 14 heavy (non-hydrogen) atoms. The van der Waals surface area contributed by atoms with Crippen molar-refractivity contribution in [2.75, 3.05) is 0 Å². The number of nitrogens with two attached hydrogens (primary N) is 1. The van der Waals surface area contributed by atoms with E-state index in [1.54, 1.807) is 6.20 Å². The monoisotopic (exact) mass is 187 g/mol. The van der Waals surface area contributed by atoms with E-state index in [1.165, 1.54) is 5.56 Å². The van der Waals surface area contributed by atoms with Gasteiger partial charge in [0.25, 0.3) is 0 Å². The van der Waals surface area contributed by atoms with Gasteiger partial charge in [-0.25, -0.2) is 4.68 Å². The lowest BCUT2D eigenvalue weighted by Crippen LogP contribution is -2.74. The number of aromatic nitrogens is 2. The molecule has 0 saturated heterocycles. The Bertz CT molecular complexity index is 393. The average Bonchev–Trinajstić information content (AvgIpc) is 2.71. The van der Waals surface area contributed by atoms with Crippen LogP contribution in [0.3, 0.4) is 0 Å². The zero-order chi connectivity index (χ0) is 9.80. The van der Waals surface area contributed by atoms with Crippen LogP contribution in [0.15, 0.2) is 42.7 Å². The van der Waals surface area contributed by atoms with Crippen molar-refractivity contribution in [3.8, 4) is 5.69 Å². The quantitative estimate of drug-likeness (QED) is 0.706. The Morgan fingerprint density at radius 3 is 3.00 bits per heavy atom. The first kappa shape index (κ1) is 8.97. The van der Waals surface area contributed by atoms with Crippen molar-refractivity contribution < 1.29 is 5.32 Å². The first-order chi connectivity index (χ1) is 6.90. The molecule has 2 N–H and O–H groups in total. The molecule has 0 fully saturated rings. The van der Waals surface area contributed by atoms with Gasteiger partial charge in [0.05, 0.1) is 12.2 Å². The van der Waals surface area contributed by atoms with Crippen molar-refractivity contribution in [2.45, 2.75) is 6.54 Å². The van der Waals surface area contributed by atoms with Crippen LogP contribution < -0.4 is 5.32 Å². The van der Waals surface area contributed by atoms with Crippen molar-refractivity contribution >= 4 is 0 Å². The second-order valence-corrected chi connectivity index (χ2v) is 3.11. The third-order valence-corrected chi connectivity index (χ3v) is 2.06. The van der Waals surface area contributed by atoms with Crippen molar-refractivity contribution in [2.24, 2.45) is 0 Å². The zero-order valence-electron chi connectivity index (χ0n) is 7.93. The highest BCUT2D eigenvalue weighted by Crippen LogP contribution is 2.08. The molecule has 1 heterocycles. The molecule has 0 aliphatic heterocycles. The lowest BCUT2D eigenvalue weighted by molar-refractivity contribution is -0.612. The van der Waals surface area contributed by atoms with E-state index in [0.29, 0.717) is 0 Å². The Labute approximate surface area is 83.4 Å². The largest absolute Gasteiger partial charge is 0.475 e. The van der Waals surface area contributed by atoms with Gasteiger partial charge in [-0.05, 0) is 18.2 Å². The normalized spacial score (nSPS) is 10.4. The van der Waals surface area contributed by atoms with Gasteiger partial charge in [-0.3, -0.25) is 0 Å². The van der Waals surface area contributed by atoms with Gasteiger partial charge in [0.1, 0.15) is 0 Å². The number of hydrogen-bond donors (Lipinski definition) is 1. The van der Waals surface area contributed by atoms with E-state index in [2.05, 4.69) is 24.3 Å². The molecule has 3 heteroatoms. The van der Waals surface area contributed by atoms with Crippen molar-refractivity contribution in [3.05, 3.63) is 55.3 Å². The minimum absolute atomic E-state index is 0.898. The summed E-state index contributed by atoms with van der Waals surface area (Å²) >= 11 is 0. The summed E-state index contributed by atoms with van der Waals surface area (Å²) in [6.45, 7) is 0.898. The fourth-order valence-corrected chi connectivity index (χ4v) is 1.41. The first-order valence-corrected chi connectivity index (χ1v) is 4.60. The van der Waals surface area contributed by atoms with E-state index in [1.807, 2.05) is 34.4 Å². The van der Waals surface area contributed by atoms with E-state index in [-0.39, 0.29) is 0 Å². The number of quaternary nitrogens is 1. The predicted octanol–water partition coefficient (Wildman–Crippen LogP) is 0.727. The summed E-state index contributed by atoms with van der Waals surface area (Å²) in [5.41, 5.74) is 2.35. The molecule has 0 bridgehead atoms. The molecule has 3 nitrogen and oxygen atoms in total. The third-order valence-electron chi connectivity index (χ3n) is 2.06. The number of nitrogens with zero attached hydrogens (tertiary/aromatic N) is 2. The summed E-state index contributed by atoms with van der Waals surface area (Å²) in [5.74, 6) is 0. The van der Waals surface area contributed by atoms with Gasteiger partial charge in [0, 0.05) is 18.0 Å². The lowest BCUT2D eigenvalue weighted by atomic mass is 10.2. The summed E-state index contributed by atoms with van der Waals surface area (Å²) in [4.78, 5) is 0. The second kappa shape index (κ2) is 4.07. The molecule has 2 aromatic rings. The van der Waals surface area contributed by atoms with Crippen molar-refractivity contribution in [1.29, 1.82) is 0 Å². The van der Waals surface area contributed by atoms with E-state index in [9.17, 15) is 0 Å². The number of hydrogen-bond acceptors (Lipinski definition) is 1. The fourth-order valence-electron chi connectivity index (χ4n) is 1.41. The maximum absolute atomic E-state index is 4.18. The van der Waals surface area contributed by atoms with Crippen LogP contribution in [0, 0.1) is 7.05 Å². The molecule has 0 aliphatic carbocycles. The minimum atomic E-state index is 0.898.